The molecule has 0 bridgehead atoms. The number of esters is 2. The van der Waals surface area contributed by atoms with Crippen molar-refractivity contribution in [2.75, 3.05) is 31.2 Å². The zero-order chi connectivity index (χ0) is 26.4. The topological polar surface area (TPSA) is 153 Å². The van der Waals surface area contributed by atoms with Gasteiger partial charge in [-0.3, -0.25) is 10.1 Å². The zero-order valence-electron chi connectivity index (χ0n) is 20.4. The van der Waals surface area contributed by atoms with Gasteiger partial charge < -0.3 is 29.4 Å². The van der Waals surface area contributed by atoms with Gasteiger partial charge in [-0.1, -0.05) is 12.8 Å². The molecule has 1 atom stereocenters. The third-order valence-electron chi connectivity index (χ3n) is 6.18. The number of hydrogen-bond acceptors (Lipinski definition) is 9. The van der Waals surface area contributed by atoms with Crippen molar-refractivity contribution in [2.24, 2.45) is 0 Å². The van der Waals surface area contributed by atoms with Crippen molar-refractivity contribution in [3.05, 3.63) is 69.3 Å². The third kappa shape index (κ3) is 5.90. The van der Waals surface area contributed by atoms with Gasteiger partial charge in [-0.2, -0.15) is 0 Å². The quantitative estimate of drug-likeness (QED) is 0.307. The van der Waals surface area contributed by atoms with Crippen LogP contribution in [-0.2, 0) is 14.3 Å². The number of nitro groups is 1. The van der Waals surface area contributed by atoms with Crippen LogP contribution < -0.4 is 15.5 Å². The number of nitrogens with zero attached hydrogens (tertiary/aromatic N) is 2. The van der Waals surface area contributed by atoms with Crippen LogP contribution in [-0.4, -0.2) is 49.2 Å². The SMILES string of the molecule is CCOC(=O)C1=C(COC(=O)c2ccc(N3CCCCCC3)c([N+](=O)[O-])c2)NC(=O)NC1c1ccco1. The Morgan fingerprint density at radius 1 is 1.14 bits per heavy atom. The number of carbonyl (C=O) groups excluding carboxylic acids is 3. The summed E-state index contributed by atoms with van der Waals surface area (Å²) in [5.41, 5.74) is 0.296. The molecule has 3 heterocycles. The Kier molecular flexibility index (Phi) is 8.06. The molecule has 2 aromatic rings. The Hall–Kier alpha value is -4.35. The predicted molar refractivity (Wildman–Crippen MR) is 131 cm³/mol. The van der Waals surface area contributed by atoms with Gasteiger partial charge >= 0.3 is 18.0 Å². The molecule has 2 amide bonds. The van der Waals surface area contributed by atoms with Crippen LogP contribution in [0.5, 0.6) is 0 Å². The molecular formula is C25H28N4O8. The molecule has 1 aromatic carbocycles. The Labute approximate surface area is 212 Å². The molecule has 0 radical (unpaired) electrons. The summed E-state index contributed by atoms with van der Waals surface area (Å²) in [7, 11) is 0. The molecule has 12 heteroatoms. The van der Waals surface area contributed by atoms with Gasteiger partial charge in [-0.15, -0.1) is 0 Å². The number of rotatable bonds is 8. The third-order valence-corrected chi connectivity index (χ3v) is 6.18. The molecular weight excluding hydrogens is 484 g/mol. The van der Waals surface area contributed by atoms with E-state index in [4.69, 9.17) is 13.9 Å². The van der Waals surface area contributed by atoms with Crippen LogP contribution in [0.15, 0.2) is 52.3 Å². The average molecular weight is 513 g/mol. The van der Waals surface area contributed by atoms with Crippen LogP contribution in [0, 0.1) is 10.1 Å². The Bertz CT molecular complexity index is 1200. The standard InChI is InChI=1S/C25H28N4O8/c1-2-35-24(31)21-17(26-25(32)27-22(21)20-8-7-13-36-20)15-37-23(30)16-9-10-18(19(14-16)29(33)34)28-11-5-3-4-6-12-28/h7-10,13-14,22H,2-6,11-12,15H2,1H3,(H2,26,27,32). The van der Waals surface area contributed by atoms with Crippen molar-refractivity contribution in [2.45, 2.75) is 38.6 Å². The smallest absolute Gasteiger partial charge is 0.338 e. The molecule has 2 N–H and O–H groups in total. The fourth-order valence-corrected chi connectivity index (χ4v) is 4.45. The van der Waals surface area contributed by atoms with Crippen LogP contribution >= 0.6 is 0 Å². The molecule has 2 aliphatic rings. The van der Waals surface area contributed by atoms with Gasteiger partial charge in [0.15, 0.2) is 0 Å². The first kappa shape index (κ1) is 25.7. The molecule has 196 valence electrons. The fraction of sp³-hybridized carbons (Fsp3) is 0.400. The van der Waals surface area contributed by atoms with Crippen molar-refractivity contribution < 1.29 is 33.2 Å². The van der Waals surface area contributed by atoms with Crippen LogP contribution in [0.2, 0.25) is 0 Å². The van der Waals surface area contributed by atoms with Crippen molar-refractivity contribution in [1.82, 2.24) is 10.6 Å². The molecule has 0 spiro atoms. The van der Waals surface area contributed by atoms with Gasteiger partial charge in [0.2, 0.25) is 0 Å². The number of hydrogen-bond donors (Lipinski definition) is 2. The Morgan fingerprint density at radius 3 is 2.54 bits per heavy atom. The minimum absolute atomic E-state index is 0.0201. The maximum atomic E-state index is 12.9. The molecule has 0 aliphatic carbocycles. The lowest BCUT2D eigenvalue weighted by molar-refractivity contribution is -0.384. The van der Waals surface area contributed by atoms with Crippen molar-refractivity contribution in [3.8, 4) is 0 Å². The van der Waals surface area contributed by atoms with E-state index in [1.807, 2.05) is 4.90 Å². The highest BCUT2D eigenvalue weighted by Gasteiger charge is 2.36. The van der Waals surface area contributed by atoms with Crippen LogP contribution in [0.4, 0.5) is 16.2 Å². The molecule has 1 fully saturated rings. The van der Waals surface area contributed by atoms with E-state index in [9.17, 15) is 24.5 Å². The average Bonchev–Trinajstić information content (AvgIpc) is 3.29. The molecule has 37 heavy (non-hydrogen) atoms. The number of nitrogens with one attached hydrogen (secondary N) is 2. The molecule has 1 unspecified atom stereocenters. The second-order valence-corrected chi connectivity index (χ2v) is 8.60. The Balaban J connectivity index is 1.57. The second-order valence-electron chi connectivity index (χ2n) is 8.60. The summed E-state index contributed by atoms with van der Waals surface area (Å²) < 4.78 is 15.9. The lowest BCUT2D eigenvalue weighted by Crippen LogP contribution is -2.47. The maximum Gasteiger partial charge on any atom is 0.338 e. The number of nitro benzene ring substituents is 1. The molecule has 12 nitrogen and oxygen atoms in total. The predicted octanol–water partition coefficient (Wildman–Crippen LogP) is 3.60. The van der Waals surface area contributed by atoms with E-state index >= 15 is 0 Å². The van der Waals surface area contributed by atoms with E-state index in [0.29, 0.717) is 24.5 Å². The number of amides is 2. The van der Waals surface area contributed by atoms with E-state index in [2.05, 4.69) is 10.6 Å². The number of anilines is 1. The highest BCUT2D eigenvalue weighted by atomic mass is 16.6. The summed E-state index contributed by atoms with van der Waals surface area (Å²) in [5, 5.41) is 16.9. The number of benzene rings is 1. The van der Waals surface area contributed by atoms with Crippen LogP contribution in [0.1, 0.15) is 54.8 Å². The number of carbonyl (C=O) groups is 3. The summed E-state index contributed by atoms with van der Waals surface area (Å²) in [6.45, 7) is 2.66. The first-order valence-electron chi connectivity index (χ1n) is 12.1. The van der Waals surface area contributed by atoms with Gasteiger partial charge in [0, 0.05) is 19.2 Å². The maximum absolute atomic E-state index is 12.9. The van der Waals surface area contributed by atoms with E-state index in [1.165, 1.54) is 18.4 Å². The van der Waals surface area contributed by atoms with E-state index < -0.39 is 35.5 Å². The first-order chi connectivity index (χ1) is 17.9. The van der Waals surface area contributed by atoms with E-state index in [0.717, 1.165) is 25.7 Å². The van der Waals surface area contributed by atoms with Gasteiger partial charge in [0.1, 0.15) is 24.1 Å². The fourth-order valence-electron chi connectivity index (χ4n) is 4.45. The van der Waals surface area contributed by atoms with Crippen molar-refractivity contribution >= 4 is 29.3 Å². The summed E-state index contributed by atoms with van der Waals surface area (Å²) in [5.74, 6) is -1.27. The molecule has 2 aliphatic heterocycles. The van der Waals surface area contributed by atoms with Crippen LogP contribution in [0.25, 0.3) is 0 Å². The normalized spacial score (nSPS) is 17.9. The number of ether oxygens (including phenoxy) is 2. The summed E-state index contributed by atoms with van der Waals surface area (Å²) in [6, 6.07) is 5.84. The highest BCUT2D eigenvalue weighted by Crippen LogP contribution is 2.32. The van der Waals surface area contributed by atoms with Gasteiger partial charge in [-0.05, 0) is 44.0 Å². The van der Waals surface area contributed by atoms with Gasteiger partial charge in [0.05, 0.1) is 34.6 Å². The minimum atomic E-state index is -0.953. The van der Waals surface area contributed by atoms with Gasteiger partial charge in [0.25, 0.3) is 5.69 Å². The monoisotopic (exact) mass is 512 g/mol. The highest BCUT2D eigenvalue weighted by molar-refractivity contribution is 5.95. The van der Waals surface area contributed by atoms with Gasteiger partial charge in [-0.25, -0.2) is 14.4 Å². The lowest BCUT2D eigenvalue weighted by Gasteiger charge is -2.27. The summed E-state index contributed by atoms with van der Waals surface area (Å²) in [6.07, 6.45) is 5.43. The lowest BCUT2D eigenvalue weighted by atomic mass is 10.0. The van der Waals surface area contributed by atoms with E-state index in [-0.39, 0.29) is 29.1 Å². The number of urea groups is 1. The van der Waals surface area contributed by atoms with Crippen molar-refractivity contribution in [1.29, 1.82) is 0 Å². The summed E-state index contributed by atoms with van der Waals surface area (Å²) in [4.78, 5) is 51.1. The second kappa shape index (κ2) is 11.6. The summed E-state index contributed by atoms with van der Waals surface area (Å²) >= 11 is 0. The Morgan fingerprint density at radius 2 is 1.89 bits per heavy atom. The molecule has 1 saturated heterocycles. The first-order valence-corrected chi connectivity index (χ1v) is 12.1. The largest absolute Gasteiger partial charge is 0.467 e. The minimum Gasteiger partial charge on any atom is -0.467 e. The molecule has 4 rings (SSSR count). The van der Waals surface area contributed by atoms with E-state index in [1.54, 1.807) is 25.1 Å². The van der Waals surface area contributed by atoms with Crippen molar-refractivity contribution in [3.63, 3.8) is 0 Å². The molecule has 0 saturated carbocycles. The number of furan rings is 1. The van der Waals surface area contributed by atoms with Crippen LogP contribution in [0.3, 0.4) is 0 Å². The zero-order valence-corrected chi connectivity index (χ0v) is 20.4. The molecule has 1 aromatic heterocycles.